The third-order valence-electron chi connectivity index (χ3n) is 5.54. The van der Waals surface area contributed by atoms with Gasteiger partial charge in [0, 0.05) is 11.1 Å². The van der Waals surface area contributed by atoms with Crippen LogP contribution in [0.3, 0.4) is 0 Å². The van der Waals surface area contributed by atoms with Gasteiger partial charge in [-0.05, 0) is 26.3 Å². The van der Waals surface area contributed by atoms with E-state index in [4.69, 9.17) is 5.73 Å². The number of fused-ring (bicyclic) bond motifs is 1. The monoisotopic (exact) mass is 370 g/mol. The first-order valence-corrected chi connectivity index (χ1v) is 9.13. The summed E-state index contributed by atoms with van der Waals surface area (Å²) in [6.07, 6.45) is 0.344. The van der Waals surface area contributed by atoms with Crippen molar-refractivity contribution >= 4 is 11.9 Å². The predicted octanol–water partition coefficient (Wildman–Crippen LogP) is 1.82. The number of amides is 1. The molecule has 2 aromatic rings. The lowest BCUT2D eigenvalue weighted by Gasteiger charge is -2.33. The molecule has 0 bridgehead atoms. The summed E-state index contributed by atoms with van der Waals surface area (Å²) in [6, 6.07) is 7.63. The van der Waals surface area contributed by atoms with Crippen LogP contribution in [0, 0.1) is 12.3 Å². The lowest BCUT2D eigenvalue weighted by atomic mass is 9.85. The molecule has 0 spiro atoms. The Hall–Kier alpha value is -2.51. The number of anilines is 1. The molecule has 7 heteroatoms. The summed E-state index contributed by atoms with van der Waals surface area (Å²) in [4.78, 5) is 23.6. The van der Waals surface area contributed by atoms with Crippen LogP contribution in [-0.2, 0) is 11.3 Å². The zero-order valence-corrected chi connectivity index (χ0v) is 15.9. The Morgan fingerprint density at radius 3 is 2.63 bits per heavy atom. The number of aromatic nitrogens is 2. The molecule has 1 atom stereocenters. The second-order valence-electron chi connectivity index (χ2n) is 7.22. The number of aryl methyl sites for hydroxylation is 1. The SMILES string of the molecule is CCC(CO)(CO)C(=O)N1Cc2c(-c3cccc(C)c3)nc(N)nc2C1C. The van der Waals surface area contributed by atoms with E-state index >= 15 is 0 Å². The molecule has 1 unspecified atom stereocenters. The standard InChI is InChI=1S/C20H26N4O3/c1-4-20(10-25,11-26)18(27)24-9-15-16(13(24)3)22-19(21)23-17(15)14-7-5-6-12(2)8-14/h5-8,13,25-26H,4,9-11H2,1-3H3,(H2,21,22,23). The Labute approximate surface area is 158 Å². The summed E-state index contributed by atoms with van der Waals surface area (Å²) in [5, 5.41) is 19.5. The van der Waals surface area contributed by atoms with Crippen molar-refractivity contribution in [3.8, 4) is 11.3 Å². The molecule has 7 nitrogen and oxygen atoms in total. The van der Waals surface area contributed by atoms with Gasteiger partial charge < -0.3 is 20.8 Å². The van der Waals surface area contributed by atoms with Gasteiger partial charge in [-0.3, -0.25) is 4.79 Å². The Kier molecular flexibility index (Phi) is 5.17. The van der Waals surface area contributed by atoms with E-state index < -0.39 is 18.6 Å². The lowest BCUT2D eigenvalue weighted by Crippen LogP contribution is -2.47. The Bertz CT molecular complexity index is 856. The van der Waals surface area contributed by atoms with Gasteiger partial charge in [0.2, 0.25) is 11.9 Å². The summed E-state index contributed by atoms with van der Waals surface area (Å²) < 4.78 is 0. The van der Waals surface area contributed by atoms with Crippen LogP contribution in [0.4, 0.5) is 5.95 Å². The maximum atomic E-state index is 13.2. The minimum absolute atomic E-state index is 0.164. The van der Waals surface area contributed by atoms with Gasteiger partial charge >= 0.3 is 0 Å². The largest absolute Gasteiger partial charge is 0.395 e. The average molecular weight is 370 g/mol. The van der Waals surface area contributed by atoms with Crippen LogP contribution in [0.5, 0.6) is 0 Å². The number of nitrogens with two attached hydrogens (primary N) is 1. The summed E-state index contributed by atoms with van der Waals surface area (Å²) in [5.74, 6) is -0.119. The number of nitrogen functional groups attached to an aromatic ring is 1. The molecule has 0 saturated heterocycles. The number of hydrogen-bond acceptors (Lipinski definition) is 6. The molecule has 3 rings (SSSR count). The molecule has 1 aromatic heterocycles. The third-order valence-corrected chi connectivity index (χ3v) is 5.54. The van der Waals surface area contributed by atoms with Gasteiger partial charge in [-0.2, -0.15) is 0 Å². The molecule has 0 aliphatic carbocycles. The van der Waals surface area contributed by atoms with Crippen LogP contribution in [-0.4, -0.2) is 44.2 Å². The maximum absolute atomic E-state index is 13.2. The van der Waals surface area contributed by atoms with E-state index in [1.54, 1.807) is 11.8 Å². The fraction of sp³-hybridized carbons (Fsp3) is 0.450. The lowest BCUT2D eigenvalue weighted by molar-refractivity contribution is -0.150. The molecule has 4 N–H and O–H groups in total. The van der Waals surface area contributed by atoms with Crippen molar-refractivity contribution in [2.45, 2.75) is 39.8 Å². The van der Waals surface area contributed by atoms with Gasteiger partial charge in [-0.1, -0.05) is 30.7 Å². The van der Waals surface area contributed by atoms with Crippen molar-refractivity contribution in [2.75, 3.05) is 18.9 Å². The first-order chi connectivity index (χ1) is 12.9. The highest BCUT2D eigenvalue weighted by Crippen LogP contribution is 2.40. The smallest absolute Gasteiger partial charge is 0.234 e. The number of rotatable bonds is 5. The van der Waals surface area contributed by atoms with E-state index in [2.05, 4.69) is 9.97 Å². The maximum Gasteiger partial charge on any atom is 0.234 e. The molecular formula is C20H26N4O3. The Balaban J connectivity index is 2.06. The zero-order valence-electron chi connectivity index (χ0n) is 15.9. The van der Waals surface area contributed by atoms with Gasteiger partial charge in [0.1, 0.15) is 0 Å². The van der Waals surface area contributed by atoms with E-state index in [1.165, 1.54) is 0 Å². The quantitative estimate of drug-likeness (QED) is 0.740. The topological polar surface area (TPSA) is 113 Å². The fourth-order valence-corrected chi connectivity index (χ4v) is 3.62. The molecule has 1 amide bonds. The number of hydrogen-bond donors (Lipinski definition) is 3. The number of benzene rings is 1. The molecule has 1 aromatic carbocycles. The molecule has 27 heavy (non-hydrogen) atoms. The number of carbonyl (C=O) groups is 1. The van der Waals surface area contributed by atoms with Crippen LogP contribution in [0.1, 0.15) is 43.1 Å². The summed E-state index contributed by atoms with van der Waals surface area (Å²) >= 11 is 0. The number of carbonyl (C=O) groups excluding carboxylic acids is 1. The van der Waals surface area contributed by atoms with Gasteiger partial charge in [0.05, 0.1) is 42.6 Å². The molecule has 1 aliphatic heterocycles. The van der Waals surface area contributed by atoms with Gasteiger partial charge in [-0.25, -0.2) is 9.97 Å². The molecule has 0 radical (unpaired) electrons. The van der Waals surface area contributed by atoms with Gasteiger partial charge in [0.15, 0.2) is 0 Å². The number of aliphatic hydroxyl groups excluding tert-OH is 2. The van der Waals surface area contributed by atoms with E-state index in [9.17, 15) is 15.0 Å². The summed E-state index contributed by atoms with van der Waals surface area (Å²) in [5.41, 5.74) is 9.07. The molecule has 0 saturated carbocycles. The molecule has 0 fully saturated rings. The van der Waals surface area contributed by atoms with Crippen molar-refractivity contribution in [3.63, 3.8) is 0 Å². The van der Waals surface area contributed by atoms with Crippen molar-refractivity contribution < 1.29 is 15.0 Å². The minimum atomic E-state index is -1.20. The second kappa shape index (κ2) is 7.25. The highest BCUT2D eigenvalue weighted by Gasteiger charge is 2.44. The average Bonchev–Trinajstić information content (AvgIpc) is 2.99. The van der Waals surface area contributed by atoms with Crippen LogP contribution >= 0.6 is 0 Å². The Morgan fingerprint density at radius 2 is 2.04 bits per heavy atom. The Morgan fingerprint density at radius 1 is 1.33 bits per heavy atom. The van der Waals surface area contributed by atoms with E-state index in [0.29, 0.717) is 18.7 Å². The molecule has 2 heterocycles. The van der Waals surface area contributed by atoms with Gasteiger partial charge in [-0.15, -0.1) is 0 Å². The molecule has 1 aliphatic rings. The highest BCUT2D eigenvalue weighted by molar-refractivity contribution is 5.84. The number of nitrogens with zero attached hydrogens (tertiary/aromatic N) is 3. The van der Waals surface area contributed by atoms with Crippen molar-refractivity contribution in [3.05, 3.63) is 41.1 Å². The molecular weight excluding hydrogens is 344 g/mol. The zero-order chi connectivity index (χ0) is 19.8. The van der Waals surface area contributed by atoms with Crippen LogP contribution < -0.4 is 5.73 Å². The van der Waals surface area contributed by atoms with Crippen molar-refractivity contribution in [2.24, 2.45) is 5.41 Å². The summed E-state index contributed by atoms with van der Waals surface area (Å²) in [7, 11) is 0. The van der Waals surface area contributed by atoms with Crippen molar-refractivity contribution in [1.29, 1.82) is 0 Å². The first-order valence-electron chi connectivity index (χ1n) is 9.13. The fourth-order valence-electron chi connectivity index (χ4n) is 3.62. The normalized spacial score (nSPS) is 16.5. The van der Waals surface area contributed by atoms with E-state index in [0.717, 1.165) is 22.4 Å². The van der Waals surface area contributed by atoms with Gasteiger partial charge in [0.25, 0.3) is 0 Å². The number of aliphatic hydroxyl groups is 2. The minimum Gasteiger partial charge on any atom is -0.395 e. The van der Waals surface area contributed by atoms with E-state index in [1.807, 2.05) is 38.1 Å². The second-order valence-corrected chi connectivity index (χ2v) is 7.22. The van der Waals surface area contributed by atoms with Crippen LogP contribution in [0.2, 0.25) is 0 Å². The third kappa shape index (κ3) is 3.17. The van der Waals surface area contributed by atoms with E-state index in [-0.39, 0.29) is 17.9 Å². The predicted molar refractivity (Wildman–Crippen MR) is 102 cm³/mol. The first kappa shape index (κ1) is 19.3. The van der Waals surface area contributed by atoms with Crippen molar-refractivity contribution in [1.82, 2.24) is 14.9 Å². The van der Waals surface area contributed by atoms with Crippen LogP contribution in [0.15, 0.2) is 24.3 Å². The highest BCUT2D eigenvalue weighted by atomic mass is 16.3. The van der Waals surface area contributed by atoms with Crippen LogP contribution in [0.25, 0.3) is 11.3 Å². The molecule has 144 valence electrons. The summed E-state index contributed by atoms with van der Waals surface area (Å²) in [6.45, 7) is 5.18.